The molecular formula is C30H52O9. The first-order valence-corrected chi connectivity index (χ1v) is 15.1. The molecule has 0 bridgehead atoms. The number of unbranched alkanes of at least 4 members (excludes halogenated alkanes) is 14. The molecule has 39 heavy (non-hydrogen) atoms. The van der Waals surface area contributed by atoms with Crippen LogP contribution in [0.1, 0.15) is 103 Å². The SMILES string of the molecule is CCCCCCCCCCCCCCCCCOC(=O)C1C=C(O)C=CC1(O)[C@@H]1O[C@H](CO)[C@@H](O)[C@H](O)[C@H]1O. The van der Waals surface area contributed by atoms with Crippen molar-refractivity contribution >= 4 is 5.97 Å². The molecule has 0 radical (unpaired) electrons. The van der Waals surface area contributed by atoms with Crippen molar-refractivity contribution in [3.63, 3.8) is 0 Å². The van der Waals surface area contributed by atoms with Crippen molar-refractivity contribution in [1.29, 1.82) is 0 Å². The Hall–Kier alpha value is -1.49. The number of aliphatic hydroxyl groups is 6. The summed E-state index contributed by atoms with van der Waals surface area (Å²) in [5.41, 5.74) is -2.17. The summed E-state index contributed by atoms with van der Waals surface area (Å²) in [6.07, 6.45) is 13.8. The molecule has 0 saturated carbocycles. The predicted molar refractivity (Wildman–Crippen MR) is 148 cm³/mol. The number of allylic oxidation sites excluding steroid dienone is 1. The van der Waals surface area contributed by atoms with Crippen LogP contribution in [-0.4, -0.2) is 85.9 Å². The molecule has 226 valence electrons. The smallest absolute Gasteiger partial charge is 0.316 e. The van der Waals surface area contributed by atoms with E-state index >= 15 is 0 Å². The third-order valence-electron chi connectivity index (χ3n) is 7.95. The molecule has 7 atom stereocenters. The van der Waals surface area contributed by atoms with Crippen LogP contribution in [0.25, 0.3) is 0 Å². The lowest BCUT2D eigenvalue weighted by Crippen LogP contribution is -2.67. The second-order valence-electron chi connectivity index (χ2n) is 11.2. The standard InChI is InChI=1S/C30H52O9/c1-2-3-4-5-6-7-8-9-10-11-12-13-14-15-16-19-38-29(36)23-20-22(32)17-18-30(23,37)28-27(35)26(34)25(33)24(21-31)39-28/h17-18,20,23-28,31-35,37H,2-16,19,21H2,1H3/t23?,24-,25-,26+,27-,28-,30?/m1/s1. The van der Waals surface area contributed by atoms with E-state index in [4.69, 9.17) is 9.47 Å². The summed E-state index contributed by atoms with van der Waals surface area (Å²) in [5, 5.41) is 61.5. The van der Waals surface area contributed by atoms with Gasteiger partial charge in [0.15, 0.2) is 0 Å². The van der Waals surface area contributed by atoms with Gasteiger partial charge < -0.3 is 40.1 Å². The van der Waals surface area contributed by atoms with Gasteiger partial charge in [-0.15, -0.1) is 0 Å². The van der Waals surface area contributed by atoms with Crippen molar-refractivity contribution in [3.8, 4) is 0 Å². The molecule has 1 heterocycles. The fraction of sp³-hybridized carbons (Fsp3) is 0.833. The van der Waals surface area contributed by atoms with Crippen LogP contribution in [0.4, 0.5) is 0 Å². The van der Waals surface area contributed by atoms with Crippen LogP contribution in [0.2, 0.25) is 0 Å². The van der Waals surface area contributed by atoms with E-state index in [0.29, 0.717) is 6.42 Å². The van der Waals surface area contributed by atoms with Gasteiger partial charge in [0.1, 0.15) is 47.8 Å². The summed E-state index contributed by atoms with van der Waals surface area (Å²) < 4.78 is 10.9. The van der Waals surface area contributed by atoms with Gasteiger partial charge in [-0.3, -0.25) is 4.79 Å². The maximum atomic E-state index is 12.9. The topological polar surface area (TPSA) is 157 Å². The number of rotatable bonds is 19. The first-order chi connectivity index (χ1) is 18.8. The van der Waals surface area contributed by atoms with Crippen molar-refractivity contribution in [2.75, 3.05) is 13.2 Å². The summed E-state index contributed by atoms with van der Waals surface area (Å²) >= 11 is 0. The van der Waals surface area contributed by atoms with Crippen molar-refractivity contribution in [3.05, 3.63) is 24.0 Å². The minimum absolute atomic E-state index is 0.149. The molecular weight excluding hydrogens is 504 g/mol. The highest BCUT2D eigenvalue weighted by molar-refractivity contribution is 5.77. The molecule has 0 amide bonds. The monoisotopic (exact) mass is 556 g/mol. The van der Waals surface area contributed by atoms with Gasteiger partial charge in [-0.2, -0.15) is 0 Å². The average molecular weight is 557 g/mol. The molecule has 1 aliphatic carbocycles. The van der Waals surface area contributed by atoms with Crippen LogP contribution in [0.15, 0.2) is 24.0 Å². The van der Waals surface area contributed by atoms with E-state index in [2.05, 4.69) is 6.92 Å². The fourth-order valence-corrected chi connectivity index (χ4v) is 5.43. The first kappa shape index (κ1) is 33.7. The number of carbonyl (C=O) groups excluding carboxylic acids is 1. The summed E-state index contributed by atoms with van der Waals surface area (Å²) in [6, 6.07) is 0. The van der Waals surface area contributed by atoms with Gasteiger partial charge in [0.25, 0.3) is 0 Å². The predicted octanol–water partition coefficient (Wildman–Crippen LogP) is 3.60. The average Bonchev–Trinajstić information content (AvgIpc) is 2.93. The van der Waals surface area contributed by atoms with E-state index in [-0.39, 0.29) is 12.4 Å². The van der Waals surface area contributed by atoms with Crippen LogP contribution in [0.5, 0.6) is 0 Å². The maximum absolute atomic E-state index is 12.9. The highest BCUT2D eigenvalue weighted by Crippen LogP contribution is 2.38. The number of carbonyl (C=O) groups is 1. The Labute approximate surface area is 233 Å². The molecule has 0 aromatic carbocycles. The lowest BCUT2D eigenvalue weighted by Gasteiger charge is -2.47. The number of hydrogen-bond acceptors (Lipinski definition) is 9. The fourth-order valence-electron chi connectivity index (χ4n) is 5.43. The molecule has 1 fully saturated rings. The van der Waals surface area contributed by atoms with Crippen molar-refractivity contribution in [2.45, 2.75) is 139 Å². The molecule has 2 rings (SSSR count). The summed E-state index contributed by atoms with van der Waals surface area (Å²) in [6.45, 7) is 1.72. The minimum atomic E-state index is -2.17. The molecule has 9 heteroatoms. The quantitative estimate of drug-likeness (QED) is 0.103. The Balaban J connectivity index is 1.66. The van der Waals surface area contributed by atoms with Gasteiger partial charge in [-0.05, 0) is 24.6 Å². The number of esters is 1. The molecule has 1 aliphatic heterocycles. The second-order valence-corrected chi connectivity index (χ2v) is 11.2. The molecule has 9 nitrogen and oxygen atoms in total. The zero-order valence-corrected chi connectivity index (χ0v) is 23.6. The Morgan fingerprint density at radius 2 is 1.36 bits per heavy atom. The highest BCUT2D eigenvalue weighted by atomic mass is 16.6. The maximum Gasteiger partial charge on any atom is 0.316 e. The Morgan fingerprint density at radius 3 is 1.87 bits per heavy atom. The number of ether oxygens (including phenoxy) is 2. The minimum Gasteiger partial charge on any atom is -0.508 e. The molecule has 6 N–H and O–H groups in total. The van der Waals surface area contributed by atoms with E-state index in [1.807, 2.05) is 0 Å². The van der Waals surface area contributed by atoms with Crippen molar-refractivity contribution < 1.29 is 44.9 Å². The first-order valence-electron chi connectivity index (χ1n) is 15.1. The highest BCUT2D eigenvalue weighted by Gasteiger charge is 2.56. The van der Waals surface area contributed by atoms with E-state index < -0.39 is 54.6 Å². The molecule has 1 saturated heterocycles. The number of hydrogen-bond donors (Lipinski definition) is 6. The zero-order valence-electron chi connectivity index (χ0n) is 23.6. The molecule has 0 spiro atoms. The van der Waals surface area contributed by atoms with Gasteiger partial charge >= 0.3 is 5.97 Å². The second kappa shape index (κ2) is 18.0. The lowest BCUT2D eigenvalue weighted by atomic mass is 9.74. The Bertz CT molecular complexity index is 753. The summed E-state index contributed by atoms with van der Waals surface area (Å²) in [5.74, 6) is -2.49. The lowest BCUT2D eigenvalue weighted by molar-refractivity contribution is -0.267. The Morgan fingerprint density at radius 1 is 0.846 bits per heavy atom. The normalized spacial score (nSPS) is 30.8. The van der Waals surface area contributed by atoms with E-state index in [0.717, 1.165) is 37.5 Å². The third kappa shape index (κ3) is 10.4. The van der Waals surface area contributed by atoms with Gasteiger partial charge in [0.05, 0.1) is 13.2 Å². The van der Waals surface area contributed by atoms with E-state index in [1.54, 1.807) is 0 Å². The van der Waals surface area contributed by atoms with E-state index in [9.17, 15) is 35.4 Å². The molecule has 0 aromatic rings. The zero-order chi connectivity index (χ0) is 28.7. The van der Waals surface area contributed by atoms with E-state index in [1.165, 1.54) is 70.6 Å². The van der Waals surface area contributed by atoms with Crippen molar-refractivity contribution in [2.24, 2.45) is 5.92 Å². The summed E-state index contributed by atoms with van der Waals surface area (Å²) in [4.78, 5) is 12.9. The summed E-state index contributed by atoms with van der Waals surface area (Å²) in [7, 11) is 0. The Kier molecular flexibility index (Phi) is 15.6. The van der Waals surface area contributed by atoms with Crippen LogP contribution in [0.3, 0.4) is 0 Å². The van der Waals surface area contributed by atoms with Crippen LogP contribution in [-0.2, 0) is 14.3 Å². The number of aliphatic hydroxyl groups excluding tert-OH is 5. The third-order valence-corrected chi connectivity index (χ3v) is 7.95. The van der Waals surface area contributed by atoms with Crippen LogP contribution in [0, 0.1) is 5.92 Å². The molecule has 0 aromatic heterocycles. The van der Waals surface area contributed by atoms with Crippen molar-refractivity contribution in [1.82, 2.24) is 0 Å². The van der Waals surface area contributed by atoms with Crippen LogP contribution < -0.4 is 0 Å². The van der Waals surface area contributed by atoms with Crippen LogP contribution >= 0.6 is 0 Å². The van der Waals surface area contributed by atoms with Gasteiger partial charge in [0, 0.05) is 0 Å². The molecule has 2 unspecified atom stereocenters. The van der Waals surface area contributed by atoms with Gasteiger partial charge in [-0.1, -0.05) is 96.8 Å². The van der Waals surface area contributed by atoms with Gasteiger partial charge in [0.2, 0.25) is 0 Å². The molecule has 2 aliphatic rings. The van der Waals surface area contributed by atoms with Gasteiger partial charge in [-0.25, -0.2) is 0 Å². The largest absolute Gasteiger partial charge is 0.508 e.